The molecule has 0 radical (unpaired) electrons. The fraction of sp³-hybridized carbons (Fsp3) is 0.536. The van der Waals surface area contributed by atoms with E-state index in [0.717, 1.165) is 22.3 Å². The van der Waals surface area contributed by atoms with Gasteiger partial charge < -0.3 is 42.6 Å². The number of benzene rings is 2. The number of carbonyl (C=O) groups excluding carboxylic acids is 1. The second-order valence-corrected chi connectivity index (χ2v) is 8.36. The van der Waals surface area contributed by atoms with E-state index >= 15 is 0 Å². The van der Waals surface area contributed by atoms with Crippen LogP contribution < -0.4 is 9.47 Å². The molecule has 10 heteroatoms. The maximum atomic E-state index is 12.5. The minimum Gasteiger partial charge on any atom is -0.497 e. The van der Waals surface area contributed by atoms with Gasteiger partial charge >= 0.3 is 5.97 Å². The zero-order valence-electron chi connectivity index (χ0n) is 22.5. The molecule has 0 aliphatic carbocycles. The maximum absolute atomic E-state index is 12.5. The molecule has 3 rings (SSSR count). The maximum Gasteiger partial charge on any atom is 0.338 e. The molecule has 2 aromatic rings. The molecule has 10 nitrogen and oxygen atoms in total. The number of hydrogen-bond acceptors (Lipinski definition) is 10. The molecular weight excluding hydrogens is 496 g/mol. The Kier molecular flexibility index (Phi) is 13.3. The summed E-state index contributed by atoms with van der Waals surface area (Å²) in [6.45, 7) is 4.31. The molecule has 0 spiro atoms. The van der Waals surface area contributed by atoms with Crippen molar-refractivity contribution in [1.29, 1.82) is 0 Å². The smallest absolute Gasteiger partial charge is 0.338 e. The highest BCUT2D eigenvalue weighted by Crippen LogP contribution is 2.30. The van der Waals surface area contributed by atoms with Crippen LogP contribution in [0.2, 0.25) is 0 Å². The zero-order valence-corrected chi connectivity index (χ0v) is 22.5. The van der Waals surface area contributed by atoms with E-state index in [-0.39, 0.29) is 13.2 Å². The van der Waals surface area contributed by atoms with Crippen LogP contribution in [0.15, 0.2) is 30.3 Å². The van der Waals surface area contributed by atoms with Gasteiger partial charge in [0.25, 0.3) is 0 Å². The van der Waals surface area contributed by atoms with Gasteiger partial charge in [-0.15, -0.1) is 0 Å². The van der Waals surface area contributed by atoms with Crippen LogP contribution in [0.1, 0.15) is 32.6 Å². The Bertz CT molecular complexity index is 932. The summed E-state index contributed by atoms with van der Waals surface area (Å²) in [5, 5.41) is 0. The van der Waals surface area contributed by atoms with Gasteiger partial charge in [-0.25, -0.2) is 4.79 Å². The van der Waals surface area contributed by atoms with Gasteiger partial charge in [0, 0.05) is 11.1 Å². The van der Waals surface area contributed by atoms with Crippen LogP contribution in [0, 0.1) is 0 Å². The molecule has 4 bridgehead atoms. The predicted octanol–water partition coefficient (Wildman–Crippen LogP) is 3.30. The molecule has 0 aromatic heterocycles. The summed E-state index contributed by atoms with van der Waals surface area (Å²) in [4.78, 5) is 12.5. The molecule has 1 heterocycles. The quantitative estimate of drug-likeness (QED) is 0.546. The van der Waals surface area contributed by atoms with Crippen molar-refractivity contribution in [2.24, 2.45) is 0 Å². The van der Waals surface area contributed by atoms with Gasteiger partial charge in [0.05, 0.1) is 106 Å². The van der Waals surface area contributed by atoms with Crippen LogP contribution >= 0.6 is 0 Å². The Morgan fingerprint density at radius 1 is 0.605 bits per heavy atom. The molecule has 0 saturated carbocycles. The van der Waals surface area contributed by atoms with E-state index in [0.29, 0.717) is 83.1 Å². The normalized spacial score (nSPS) is 17.1. The summed E-state index contributed by atoms with van der Waals surface area (Å²) in [7, 11) is 4.60. The molecule has 0 fully saturated rings. The summed E-state index contributed by atoms with van der Waals surface area (Å²) >= 11 is 0. The minimum absolute atomic E-state index is 0.249. The van der Waals surface area contributed by atoms with Crippen molar-refractivity contribution in [2.45, 2.75) is 26.4 Å². The number of methoxy groups -OCH3 is 3. The van der Waals surface area contributed by atoms with Crippen LogP contribution in [0.4, 0.5) is 0 Å². The first-order chi connectivity index (χ1) is 18.7. The van der Waals surface area contributed by atoms with Crippen molar-refractivity contribution in [3.63, 3.8) is 0 Å². The van der Waals surface area contributed by atoms with Gasteiger partial charge in [0.1, 0.15) is 11.5 Å². The Balaban J connectivity index is 1.63. The number of rotatable bonds is 3. The first-order valence-corrected chi connectivity index (χ1v) is 12.6. The van der Waals surface area contributed by atoms with E-state index in [1.165, 1.54) is 7.11 Å². The topological polar surface area (TPSA) is 100 Å². The first-order valence-electron chi connectivity index (χ1n) is 12.6. The summed E-state index contributed by atoms with van der Waals surface area (Å²) in [6, 6.07) is 9.34. The third-order valence-electron chi connectivity index (χ3n) is 5.80. The van der Waals surface area contributed by atoms with Crippen LogP contribution in [0.25, 0.3) is 0 Å². The van der Waals surface area contributed by atoms with E-state index in [2.05, 4.69) is 0 Å². The van der Waals surface area contributed by atoms with E-state index in [1.54, 1.807) is 14.2 Å². The van der Waals surface area contributed by atoms with Gasteiger partial charge in [0.2, 0.25) is 0 Å². The van der Waals surface area contributed by atoms with Crippen molar-refractivity contribution in [3.8, 4) is 11.5 Å². The summed E-state index contributed by atoms with van der Waals surface area (Å²) in [6.07, 6.45) is 0. The van der Waals surface area contributed by atoms with Crippen molar-refractivity contribution in [3.05, 3.63) is 58.1 Å². The Morgan fingerprint density at radius 2 is 1.03 bits per heavy atom. The predicted molar refractivity (Wildman–Crippen MR) is 138 cm³/mol. The Labute approximate surface area is 224 Å². The highest BCUT2D eigenvalue weighted by molar-refractivity contribution is 5.92. The van der Waals surface area contributed by atoms with Crippen LogP contribution in [-0.4, -0.2) is 80.2 Å². The van der Waals surface area contributed by atoms with Crippen molar-refractivity contribution >= 4 is 5.97 Å². The first kappa shape index (κ1) is 29.8. The van der Waals surface area contributed by atoms with Gasteiger partial charge in [-0.05, 0) is 23.3 Å². The second-order valence-electron chi connectivity index (χ2n) is 8.36. The number of carbonyl (C=O) groups is 1. The van der Waals surface area contributed by atoms with Crippen molar-refractivity contribution in [1.82, 2.24) is 0 Å². The third kappa shape index (κ3) is 9.23. The summed E-state index contributed by atoms with van der Waals surface area (Å²) < 4.78 is 50.5. The van der Waals surface area contributed by atoms with Gasteiger partial charge in [0.15, 0.2) is 0 Å². The lowest BCUT2D eigenvalue weighted by Crippen LogP contribution is -2.14. The third-order valence-corrected chi connectivity index (χ3v) is 5.80. The second kappa shape index (κ2) is 17.0. The average molecular weight is 535 g/mol. The van der Waals surface area contributed by atoms with Crippen molar-refractivity contribution < 1.29 is 47.4 Å². The molecule has 0 amide bonds. The average Bonchev–Trinajstić information content (AvgIpc) is 2.94. The van der Waals surface area contributed by atoms with E-state index < -0.39 is 5.97 Å². The highest BCUT2D eigenvalue weighted by Gasteiger charge is 2.17. The standard InChI is InChI=1S/C28H38O10/c1-30-25-15-23-19-37-13-9-33-7-11-35-17-21-5-4-6-22(26(21)28(29)32-3)18-36-12-8-34-10-14-38-20-24(16-25)27(23)31-2/h4-6,15-16H,7-14,17-20H2,1-3H3. The number of fused-ring (bicyclic) bond motifs is 4. The molecule has 0 unspecified atom stereocenters. The molecule has 0 N–H and O–H groups in total. The SMILES string of the molecule is COC(=O)c1c2cccc1COCCOCCOCc1cc(OC)cc(c1OC)COCCOCCOC2. The van der Waals surface area contributed by atoms with E-state index in [1.807, 2.05) is 30.3 Å². The molecule has 0 atom stereocenters. The summed E-state index contributed by atoms with van der Waals surface area (Å²) in [5.41, 5.74) is 3.65. The Morgan fingerprint density at radius 3 is 1.42 bits per heavy atom. The largest absolute Gasteiger partial charge is 0.497 e. The lowest BCUT2D eigenvalue weighted by molar-refractivity contribution is 0.00439. The molecule has 1 aliphatic heterocycles. The van der Waals surface area contributed by atoms with Crippen LogP contribution in [0.5, 0.6) is 11.5 Å². The lowest BCUT2D eigenvalue weighted by atomic mass is 10.0. The zero-order chi connectivity index (χ0) is 27.0. The molecule has 210 valence electrons. The molecule has 1 aliphatic rings. The number of hydrogen-bond donors (Lipinski definition) is 0. The van der Waals surface area contributed by atoms with Crippen LogP contribution in [-0.2, 0) is 59.6 Å². The van der Waals surface area contributed by atoms with E-state index in [9.17, 15) is 4.79 Å². The van der Waals surface area contributed by atoms with Gasteiger partial charge in [-0.2, -0.15) is 0 Å². The number of ether oxygens (including phenoxy) is 9. The molecule has 2 aromatic carbocycles. The van der Waals surface area contributed by atoms with Gasteiger partial charge in [-0.1, -0.05) is 18.2 Å². The monoisotopic (exact) mass is 534 g/mol. The van der Waals surface area contributed by atoms with Gasteiger partial charge in [-0.3, -0.25) is 0 Å². The van der Waals surface area contributed by atoms with Crippen LogP contribution in [0.3, 0.4) is 0 Å². The number of esters is 1. The molecule has 0 saturated heterocycles. The minimum atomic E-state index is -0.426. The summed E-state index contributed by atoms with van der Waals surface area (Å²) in [5.74, 6) is 0.981. The fourth-order valence-electron chi connectivity index (χ4n) is 3.98. The molecule has 38 heavy (non-hydrogen) atoms. The Hall–Kier alpha value is -2.73. The van der Waals surface area contributed by atoms with E-state index in [4.69, 9.17) is 42.6 Å². The lowest BCUT2D eigenvalue weighted by Gasteiger charge is -2.16. The highest BCUT2D eigenvalue weighted by atomic mass is 16.6. The molecular formula is C28H38O10. The van der Waals surface area contributed by atoms with Crippen molar-refractivity contribution in [2.75, 3.05) is 74.2 Å². The fourth-order valence-corrected chi connectivity index (χ4v) is 3.98.